The van der Waals surface area contributed by atoms with Crippen molar-refractivity contribution in [2.75, 3.05) is 18.0 Å². The Labute approximate surface area is 273 Å². The van der Waals surface area contributed by atoms with Crippen molar-refractivity contribution in [3.63, 3.8) is 0 Å². The molecular weight excluding hydrogens is 643 g/mol. The summed E-state index contributed by atoms with van der Waals surface area (Å²) in [5, 5.41) is 15.1. The Morgan fingerprint density at radius 3 is 2.16 bits per heavy atom. The third-order valence-electron chi connectivity index (χ3n) is 6.88. The SMILES string of the molecule is CCC(C(=O)NC(C)(C)C)N(Cc1c(Cl)cccc1Cl)C(=O)CN(c1ccc(OC)cc1)S(=O)(=O)c1ccc(C)c([N+](=O)[O-])c1. The molecule has 2 amide bonds. The summed E-state index contributed by atoms with van der Waals surface area (Å²) >= 11 is 12.9. The van der Waals surface area contributed by atoms with Gasteiger partial charge in [-0.15, -0.1) is 0 Å². The van der Waals surface area contributed by atoms with E-state index in [1.54, 1.807) is 45.9 Å². The molecule has 1 atom stereocenters. The van der Waals surface area contributed by atoms with E-state index >= 15 is 0 Å². The predicted octanol–water partition coefficient (Wildman–Crippen LogP) is 6.14. The molecule has 14 heteroatoms. The van der Waals surface area contributed by atoms with Crippen LogP contribution in [0.1, 0.15) is 45.2 Å². The van der Waals surface area contributed by atoms with Crippen molar-refractivity contribution in [2.24, 2.45) is 0 Å². The van der Waals surface area contributed by atoms with Crippen LogP contribution in [-0.2, 0) is 26.2 Å². The molecule has 0 fully saturated rings. The molecule has 0 aromatic heterocycles. The summed E-state index contributed by atoms with van der Waals surface area (Å²) in [7, 11) is -3.11. The number of rotatable bonds is 12. The van der Waals surface area contributed by atoms with E-state index < -0.39 is 50.6 Å². The summed E-state index contributed by atoms with van der Waals surface area (Å²) in [6.07, 6.45) is 0.190. The zero-order chi connectivity index (χ0) is 33.7. The second kappa shape index (κ2) is 14.5. The van der Waals surface area contributed by atoms with E-state index in [1.165, 1.54) is 55.3 Å². The largest absolute Gasteiger partial charge is 0.497 e. The standard InChI is InChI=1S/C31H36Cl2N4O7S/c1-7-27(30(39)34-31(3,4)5)35(18-24-25(32)9-8-10-26(24)33)29(38)19-36(21-12-14-22(44-6)15-13-21)45(42,43)23-16-11-20(2)28(17-23)37(40)41/h8-17,27H,7,18-19H2,1-6H3,(H,34,39). The van der Waals surface area contributed by atoms with E-state index in [0.29, 0.717) is 11.3 Å². The Morgan fingerprint density at radius 2 is 1.64 bits per heavy atom. The lowest BCUT2D eigenvalue weighted by Crippen LogP contribution is -2.55. The Kier molecular flexibility index (Phi) is 11.5. The zero-order valence-electron chi connectivity index (χ0n) is 25.8. The van der Waals surface area contributed by atoms with Crippen molar-refractivity contribution in [3.05, 3.63) is 92.0 Å². The van der Waals surface area contributed by atoms with Gasteiger partial charge in [-0.05, 0) is 76.6 Å². The number of carbonyl (C=O) groups excluding carboxylic acids is 2. The van der Waals surface area contributed by atoms with Crippen molar-refractivity contribution in [2.45, 2.75) is 64.1 Å². The van der Waals surface area contributed by atoms with Gasteiger partial charge in [-0.2, -0.15) is 0 Å². The topological polar surface area (TPSA) is 139 Å². The number of halogens is 2. The van der Waals surface area contributed by atoms with Crippen LogP contribution in [0.4, 0.5) is 11.4 Å². The molecule has 0 aliphatic rings. The van der Waals surface area contributed by atoms with Crippen LogP contribution in [0.5, 0.6) is 5.75 Å². The molecule has 0 radical (unpaired) electrons. The predicted molar refractivity (Wildman–Crippen MR) is 174 cm³/mol. The Morgan fingerprint density at radius 1 is 1.04 bits per heavy atom. The van der Waals surface area contributed by atoms with E-state index in [4.69, 9.17) is 27.9 Å². The summed E-state index contributed by atoms with van der Waals surface area (Å²) in [5.41, 5.74) is -0.277. The molecule has 0 saturated carbocycles. The van der Waals surface area contributed by atoms with Crippen LogP contribution in [0, 0.1) is 17.0 Å². The van der Waals surface area contributed by atoms with Crippen LogP contribution in [0.15, 0.2) is 65.6 Å². The van der Waals surface area contributed by atoms with Gasteiger partial charge in [-0.25, -0.2) is 8.42 Å². The van der Waals surface area contributed by atoms with Crippen LogP contribution in [-0.4, -0.2) is 55.3 Å². The van der Waals surface area contributed by atoms with Gasteiger partial charge in [-0.3, -0.25) is 24.0 Å². The minimum Gasteiger partial charge on any atom is -0.497 e. The van der Waals surface area contributed by atoms with Gasteiger partial charge >= 0.3 is 0 Å². The maximum Gasteiger partial charge on any atom is 0.273 e. The molecule has 0 saturated heterocycles. The van der Waals surface area contributed by atoms with Gasteiger partial charge in [-0.1, -0.05) is 42.3 Å². The molecule has 45 heavy (non-hydrogen) atoms. The quantitative estimate of drug-likeness (QED) is 0.179. The minimum atomic E-state index is -4.56. The summed E-state index contributed by atoms with van der Waals surface area (Å²) in [5.74, 6) is -0.745. The number of aryl methyl sites for hydroxylation is 1. The molecule has 0 aliphatic carbocycles. The van der Waals surface area contributed by atoms with Crippen molar-refractivity contribution >= 4 is 56.4 Å². The smallest absolute Gasteiger partial charge is 0.273 e. The number of ether oxygens (including phenoxy) is 1. The zero-order valence-corrected chi connectivity index (χ0v) is 28.2. The van der Waals surface area contributed by atoms with Gasteiger partial charge in [0.15, 0.2) is 0 Å². The van der Waals surface area contributed by atoms with Crippen LogP contribution < -0.4 is 14.4 Å². The fraction of sp³-hybridized carbons (Fsp3) is 0.355. The number of hydrogen-bond donors (Lipinski definition) is 1. The van der Waals surface area contributed by atoms with E-state index in [2.05, 4.69) is 5.32 Å². The minimum absolute atomic E-state index is 0.0929. The highest BCUT2D eigenvalue weighted by Gasteiger charge is 2.35. The highest BCUT2D eigenvalue weighted by Crippen LogP contribution is 2.31. The lowest BCUT2D eigenvalue weighted by molar-refractivity contribution is -0.385. The van der Waals surface area contributed by atoms with E-state index in [0.717, 1.165) is 10.4 Å². The molecular formula is C31H36Cl2N4O7S. The van der Waals surface area contributed by atoms with Crippen LogP contribution in [0.3, 0.4) is 0 Å². The number of nitro benzene ring substituents is 1. The third kappa shape index (κ3) is 8.65. The highest BCUT2D eigenvalue weighted by atomic mass is 35.5. The summed E-state index contributed by atoms with van der Waals surface area (Å²) in [6.45, 7) is 7.67. The number of carbonyl (C=O) groups is 2. The third-order valence-corrected chi connectivity index (χ3v) is 9.36. The number of amides is 2. The maximum atomic E-state index is 14.3. The number of methoxy groups -OCH3 is 1. The Balaban J connectivity index is 2.17. The Bertz CT molecular complexity index is 1660. The number of nitro groups is 1. The first kappa shape index (κ1) is 35.6. The highest BCUT2D eigenvalue weighted by molar-refractivity contribution is 7.92. The van der Waals surface area contributed by atoms with E-state index in [-0.39, 0.29) is 39.2 Å². The van der Waals surface area contributed by atoms with Gasteiger partial charge < -0.3 is 15.0 Å². The summed E-state index contributed by atoms with van der Waals surface area (Å²) in [6, 6.07) is 13.3. The molecule has 0 heterocycles. The first-order chi connectivity index (χ1) is 21.0. The van der Waals surface area contributed by atoms with Crippen LogP contribution >= 0.6 is 23.2 Å². The number of anilines is 1. The molecule has 242 valence electrons. The first-order valence-electron chi connectivity index (χ1n) is 14.0. The average Bonchev–Trinajstić information content (AvgIpc) is 2.96. The number of nitrogens with one attached hydrogen (secondary N) is 1. The molecule has 1 unspecified atom stereocenters. The molecule has 3 aromatic carbocycles. The van der Waals surface area contributed by atoms with Crippen molar-refractivity contribution in [3.8, 4) is 5.75 Å². The monoisotopic (exact) mass is 678 g/mol. The second-order valence-corrected chi connectivity index (χ2v) is 14.0. The number of sulfonamides is 1. The number of nitrogens with zero attached hydrogens (tertiary/aromatic N) is 3. The molecule has 3 aromatic rings. The summed E-state index contributed by atoms with van der Waals surface area (Å²) < 4.78 is 34.3. The van der Waals surface area contributed by atoms with E-state index in [1.807, 2.05) is 0 Å². The molecule has 3 rings (SSSR count). The fourth-order valence-electron chi connectivity index (χ4n) is 4.58. The number of hydrogen-bond acceptors (Lipinski definition) is 7. The van der Waals surface area contributed by atoms with Crippen LogP contribution in [0.2, 0.25) is 10.0 Å². The lowest BCUT2D eigenvalue weighted by Gasteiger charge is -2.35. The van der Waals surface area contributed by atoms with Crippen molar-refractivity contribution in [1.82, 2.24) is 10.2 Å². The molecule has 0 aliphatic heterocycles. The Hall–Kier alpha value is -3.87. The maximum absolute atomic E-state index is 14.3. The van der Waals surface area contributed by atoms with Crippen molar-refractivity contribution < 1.29 is 27.7 Å². The normalized spacial score (nSPS) is 12.3. The van der Waals surface area contributed by atoms with Gasteiger partial charge in [0.2, 0.25) is 11.8 Å². The fourth-order valence-corrected chi connectivity index (χ4v) is 6.53. The van der Waals surface area contributed by atoms with Gasteiger partial charge in [0.05, 0.1) is 22.6 Å². The second-order valence-electron chi connectivity index (χ2n) is 11.3. The van der Waals surface area contributed by atoms with Crippen LogP contribution in [0.25, 0.3) is 0 Å². The van der Waals surface area contributed by atoms with Gasteiger partial charge in [0, 0.05) is 39.3 Å². The van der Waals surface area contributed by atoms with Crippen molar-refractivity contribution in [1.29, 1.82) is 0 Å². The average molecular weight is 680 g/mol. The van der Waals surface area contributed by atoms with Gasteiger partial charge in [0.1, 0.15) is 18.3 Å². The summed E-state index contributed by atoms with van der Waals surface area (Å²) in [4.78, 5) is 39.6. The molecule has 0 spiro atoms. The van der Waals surface area contributed by atoms with Gasteiger partial charge in [0.25, 0.3) is 15.7 Å². The van der Waals surface area contributed by atoms with E-state index in [9.17, 15) is 28.1 Å². The molecule has 11 nitrogen and oxygen atoms in total. The molecule has 0 bridgehead atoms. The molecule has 1 N–H and O–H groups in total. The first-order valence-corrected chi connectivity index (χ1v) is 16.2. The lowest BCUT2D eigenvalue weighted by atomic mass is 10.1. The number of benzene rings is 3.